The molecule has 1 atom stereocenters. The molecule has 4 aromatic heterocycles. The van der Waals surface area contributed by atoms with Crippen LogP contribution in [-0.2, 0) is 16.0 Å². The Morgan fingerprint density at radius 3 is 2.81 bits per heavy atom. The van der Waals surface area contributed by atoms with Crippen molar-refractivity contribution in [1.29, 1.82) is 0 Å². The van der Waals surface area contributed by atoms with Gasteiger partial charge in [-0.1, -0.05) is 6.92 Å². The Balaban J connectivity index is 1.36. The zero-order valence-electron chi connectivity index (χ0n) is 21.3. The van der Waals surface area contributed by atoms with Gasteiger partial charge in [0.25, 0.3) is 0 Å². The fourth-order valence-corrected chi connectivity index (χ4v) is 4.78. The van der Waals surface area contributed by atoms with Crippen LogP contribution in [0.1, 0.15) is 39.3 Å². The molecule has 1 saturated heterocycles. The second-order valence-electron chi connectivity index (χ2n) is 10.4. The van der Waals surface area contributed by atoms with Gasteiger partial charge >= 0.3 is 0 Å². The maximum Gasteiger partial charge on any atom is 0.228 e. The average Bonchev–Trinajstić information content (AvgIpc) is 3.66. The molecule has 5 heterocycles. The number of carbonyl (C=O) groups is 1. The molecule has 0 bridgehead atoms. The molecule has 1 aliphatic carbocycles. The first kappa shape index (κ1) is 23.7. The van der Waals surface area contributed by atoms with Gasteiger partial charge in [0.2, 0.25) is 5.91 Å². The van der Waals surface area contributed by atoms with Crippen LogP contribution < -0.4 is 10.2 Å². The number of aryl methyl sites for hydroxylation is 1. The zero-order valence-corrected chi connectivity index (χ0v) is 21.3. The summed E-state index contributed by atoms with van der Waals surface area (Å²) < 4.78 is 7.56. The fourth-order valence-electron chi connectivity index (χ4n) is 4.78. The van der Waals surface area contributed by atoms with Gasteiger partial charge in [-0.15, -0.1) is 5.10 Å². The molecule has 2 N–H and O–H groups in total. The highest BCUT2D eigenvalue weighted by Crippen LogP contribution is 2.33. The number of nitrogens with zero attached hydrogens (tertiary/aromatic N) is 6. The minimum Gasteiger partial charge on any atom is -0.388 e. The van der Waals surface area contributed by atoms with Crippen molar-refractivity contribution in [1.82, 2.24) is 24.6 Å². The van der Waals surface area contributed by atoms with E-state index >= 15 is 0 Å². The van der Waals surface area contributed by atoms with Crippen LogP contribution in [0.25, 0.3) is 27.8 Å². The van der Waals surface area contributed by atoms with Crippen molar-refractivity contribution < 1.29 is 14.6 Å². The van der Waals surface area contributed by atoms with Crippen LogP contribution in [0.5, 0.6) is 0 Å². The van der Waals surface area contributed by atoms with Crippen molar-refractivity contribution in [3.8, 4) is 11.4 Å². The van der Waals surface area contributed by atoms with Crippen molar-refractivity contribution in [2.24, 2.45) is 5.92 Å². The number of anilines is 2. The molecule has 1 amide bonds. The zero-order chi connectivity index (χ0) is 25.7. The third-order valence-corrected chi connectivity index (χ3v) is 7.16. The third-order valence-electron chi connectivity index (χ3n) is 7.16. The van der Waals surface area contributed by atoms with Gasteiger partial charge in [-0.2, -0.15) is 0 Å². The van der Waals surface area contributed by atoms with E-state index in [1.54, 1.807) is 30.8 Å². The van der Waals surface area contributed by atoms with E-state index in [1.807, 2.05) is 24.4 Å². The number of nitrogens with one attached hydrogen (secondary N) is 1. The molecule has 0 radical (unpaired) electrons. The van der Waals surface area contributed by atoms with Crippen molar-refractivity contribution in [3.63, 3.8) is 0 Å². The van der Waals surface area contributed by atoms with E-state index in [0.717, 1.165) is 59.2 Å². The first-order valence-electron chi connectivity index (χ1n) is 12.8. The third kappa shape index (κ3) is 4.62. The van der Waals surface area contributed by atoms with Gasteiger partial charge in [-0.25, -0.2) is 14.5 Å². The van der Waals surface area contributed by atoms with Gasteiger partial charge in [0.15, 0.2) is 11.5 Å². The predicted molar refractivity (Wildman–Crippen MR) is 141 cm³/mol. The van der Waals surface area contributed by atoms with Crippen molar-refractivity contribution >= 4 is 33.8 Å². The summed E-state index contributed by atoms with van der Waals surface area (Å²) in [4.78, 5) is 28.4. The maximum atomic E-state index is 12.3. The van der Waals surface area contributed by atoms with Gasteiger partial charge in [-0.3, -0.25) is 9.78 Å². The Labute approximate surface area is 214 Å². The number of hydrogen-bond donors (Lipinski definition) is 2. The summed E-state index contributed by atoms with van der Waals surface area (Å²) in [5, 5.41) is 20.0. The van der Waals surface area contributed by atoms with Gasteiger partial charge in [0.05, 0.1) is 24.1 Å². The number of morpholine rings is 1. The monoisotopic (exact) mass is 501 g/mol. The van der Waals surface area contributed by atoms with E-state index in [2.05, 4.69) is 27.1 Å². The molecule has 0 spiro atoms. The molecule has 0 unspecified atom stereocenters. The Kier molecular flexibility index (Phi) is 5.80. The lowest BCUT2D eigenvalue weighted by molar-refractivity contribution is -0.117. The molecule has 192 valence electrons. The Morgan fingerprint density at radius 2 is 2.05 bits per heavy atom. The molecule has 37 heavy (non-hydrogen) atoms. The van der Waals surface area contributed by atoms with E-state index in [9.17, 15) is 9.90 Å². The first-order valence-corrected chi connectivity index (χ1v) is 12.8. The molecule has 10 nitrogen and oxygen atoms in total. The summed E-state index contributed by atoms with van der Waals surface area (Å²) in [5.74, 6) is 1.20. The van der Waals surface area contributed by atoms with Gasteiger partial charge in [-0.05, 0) is 51.3 Å². The molecule has 1 saturated carbocycles. The molecule has 2 fully saturated rings. The number of rotatable bonds is 6. The number of amides is 1. The van der Waals surface area contributed by atoms with Gasteiger partial charge in [0.1, 0.15) is 11.9 Å². The van der Waals surface area contributed by atoms with E-state index in [-0.39, 0.29) is 17.9 Å². The van der Waals surface area contributed by atoms with Gasteiger partial charge in [0, 0.05) is 53.4 Å². The lowest BCUT2D eigenvalue weighted by Crippen LogP contribution is -2.52. The van der Waals surface area contributed by atoms with Crippen LogP contribution in [-0.4, -0.2) is 67.0 Å². The SMILES string of the molecule is CCc1ncc(-c2nc3ccc(N4CCO[C@H](C(C)(C)O)C4)cn3n2)c2cc(NC(=O)C3CC3)ncc12. The van der Waals surface area contributed by atoms with E-state index in [4.69, 9.17) is 14.8 Å². The van der Waals surface area contributed by atoms with Gasteiger partial charge < -0.3 is 20.1 Å². The molecular weight excluding hydrogens is 470 g/mol. The summed E-state index contributed by atoms with van der Waals surface area (Å²) >= 11 is 0. The second kappa shape index (κ2) is 9.04. The lowest BCUT2D eigenvalue weighted by Gasteiger charge is -2.39. The molecule has 0 aromatic carbocycles. The molecule has 6 rings (SSSR count). The number of hydrogen-bond acceptors (Lipinski definition) is 8. The van der Waals surface area contributed by atoms with E-state index < -0.39 is 5.60 Å². The summed E-state index contributed by atoms with van der Waals surface area (Å²) in [6, 6.07) is 5.86. The van der Waals surface area contributed by atoms with E-state index in [0.29, 0.717) is 24.8 Å². The summed E-state index contributed by atoms with van der Waals surface area (Å²) in [6.45, 7) is 7.47. The van der Waals surface area contributed by atoms with Crippen molar-refractivity contribution in [2.75, 3.05) is 29.9 Å². The van der Waals surface area contributed by atoms with Crippen LogP contribution in [0.15, 0.2) is 36.8 Å². The highest BCUT2D eigenvalue weighted by atomic mass is 16.5. The fraction of sp³-hybridized carbons (Fsp3) is 0.444. The lowest BCUT2D eigenvalue weighted by atomic mass is 10.00. The summed E-state index contributed by atoms with van der Waals surface area (Å²) in [5.41, 5.74) is 2.50. The summed E-state index contributed by atoms with van der Waals surface area (Å²) in [7, 11) is 0. The van der Waals surface area contributed by atoms with E-state index in [1.165, 1.54) is 0 Å². The number of aromatic nitrogens is 5. The quantitative estimate of drug-likeness (QED) is 0.414. The molecular formula is C27H31N7O3. The molecule has 2 aliphatic rings. The van der Waals surface area contributed by atoms with Crippen molar-refractivity contribution in [2.45, 2.75) is 51.7 Å². The normalized spacial score (nSPS) is 18.5. The smallest absolute Gasteiger partial charge is 0.228 e. The minimum atomic E-state index is -0.923. The predicted octanol–water partition coefficient (Wildman–Crippen LogP) is 3.23. The Bertz CT molecular complexity index is 1490. The topological polar surface area (TPSA) is 118 Å². The highest BCUT2D eigenvalue weighted by molar-refractivity contribution is 6.00. The van der Waals surface area contributed by atoms with Crippen LogP contribution in [0, 0.1) is 5.92 Å². The van der Waals surface area contributed by atoms with Crippen LogP contribution >= 0.6 is 0 Å². The largest absolute Gasteiger partial charge is 0.388 e. The number of aliphatic hydroxyl groups is 1. The number of ether oxygens (including phenoxy) is 1. The standard InChI is InChI=1S/C27H31N7O3/c1-4-21-19-12-29-23(30-26(35)16-5-6-16)11-18(19)20(13-28-21)25-31-24-8-7-17(14-34(24)32-25)33-9-10-37-22(15-33)27(2,3)36/h7-8,11-14,16,22,36H,4-6,9-10,15H2,1-3H3,(H,29,30,35)/t22-/m0/s1. The van der Waals surface area contributed by atoms with Crippen LogP contribution in [0.3, 0.4) is 0 Å². The van der Waals surface area contributed by atoms with Crippen molar-refractivity contribution in [3.05, 3.63) is 42.5 Å². The van der Waals surface area contributed by atoms with Crippen LogP contribution in [0.2, 0.25) is 0 Å². The first-order chi connectivity index (χ1) is 17.8. The molecule has 4 aromatic rings. The van der Waals surface area contributed by atoms with Crippen LogP contribution in [0.4, 0.5) is 11.5 Å². The average molecular weight is 502 g/mol. The number of fused-ring (bicyclic) bond motifs is 2. The Morgan fingerprint density at radius 1 is 1.22 bits per heavy atom. The maximum absolute atomic E-state index is 12.3. The molecule has 1 aliphatic heterocycles. The highest BCUT2D eigenvalue weighted by Gasteiger charge is 2.33. The summed E-state index contributed by atoms with van der Waals surface area (Å²) in [6.07, 6.45) is 7.89. The minimum absolute atomic E-state index is 0.0199. The Hall–Kier alpha value is -3.63. The number of pyridine rings is 3. The second-order valence-corrected chi connectivity index (χ2v) is 10.4. The number of carbonyl (C=O) groups excluding carboxylic acids is 1. The molecule has 10 heteroatoms.